The maximum Gasteiger partial charge on any atom is 0.159 e. The minimum Gasteiger partial charge on any atom is -0.384 e. The van der Waals surface area contributed by atoms with Gasteiger partial charge in [0, 0.05) is 0 Å². The Morgan fingerprint density at radius 2 is 2.06 bits per heavy atom. The van der Waals surface area contributed by atoms with Crippen LogP contribution in [0.15, 0.2) is 24.5 Å². The maximum atomic E-state index is 13.0. The Labute approximate surface area is 97.9 Å². The summed E-state index contributed by atoms with van der Waals surface area (Å²) in [5.74, 6) is -1.13. The van der Waals surface area contributed by atoms with Gasteiger partial charge in [-0.1, -0.05) is 13.0 Å². The fourth-order valence-corrected chi connectivity index (χ4v) is 1.67. The lowest BCUT2D eigenvalue weighted by atomic mass is 10.2. The van der Waals surface area contributed by atoms with Crippen LogP contribution in [0.3, 0.4) is 0 Å². The predicted molar refractivity (Wildman–Crippen MR) is 61.5 cm³/mol. The lowest BCUT2D eigenvalue weighted by Crippen LogP contribution is -2.04. The second kappa shape index (κ2) is 4.53. The molecule has 0 saturated carbocycles. The van der Waals surface area contributed by atoms with E-state index in [1.54, 1.807) is 10.9 Å². The number of nitrogen functional groups attached to an aromatic ring is 1. The minimum atomic E-state index is -0.850. The normalized spacial score (nSPS) is 10.8. The van der Waals surface area contributed by atoms with Gasteiger partial charge in [-0.05, 0) is 24.1 Å². The van der Waals surface area contributed by atoms with E-state index in [0.717, 1.165) is 18.2 Å². The molecule has 17 heavy (non-hydrogen) atoms. The van der Waals surface area contributed by atoms with Gasteiger partial charge in [-0.25, -0.2) is 13.8 Å². The monoisotopic (exact) mass is 237 g/mol. The smallest absolute Gasteiger partial charge is 0.159 e. The number of hydrogen-bond donors (Lipinski definition) is 1. The summed E-state index contributed by atoms with van der Waals surface area (Å²) in [5, 5.41) is 0. The topological polar surface area (TPSA) is 43.8 Å². The predicted octanol–water partition coefficient (Wildman–Crippen LogP) is 2.35. The van der Waals surface area contributed by atoms with E-state index in [4.69, 9.17) is 5.73 Å². The van der Waals surface area contributed by atoms with E-state index >= 15 is 0 Å². The van der Waals surface area contributed by atoms with E-state index in [1.165, 1.54) is 12.1 Å². The summed E-state index contributed by atoms with van der Waals surface area (Å²) in [4.78, 5) is 4.14. The number of aryl methyl sites for hydroxylation is 1. The average molecular weight is 237 g/mol. The zero-order valence-corrected chi connectivity index (χ0v) is 9.45. The third kappa shape index (κ3) is 2.27. The molecule has 1 aromatic heterocycles. The van der Waals surface area contributed by atoms with Crippen molar-refractivity contribution in [3.8, 4) is 0 Å². The molecule has 2 aromatic rings. The second-order valence-corrected chi connectivity index (χ2v) is 3.81. The van der Waals surface area contributed by atoms with E-state index < -0.39 is 11.6 Å². The number of imidazole rings is 1. The lowest BCUT2D eigenvalue weighted by molar-refractivity contribution is 0.506. The van der Waals surface area contributed by atoms with Crippen molar-refractivity contribution in [2.75, 3.05) is 5.73 Å². The van der Waals surface area contributed by atoms with E-state index in [-0.39, 0.29) is 0 Å². The summed E-state index contributed by atoms with van der Waals surface area (Å²) in [7, 11) is 0. The van der Waals surface area contributed by atoms with Crippen molar-refractivity contribution in [3.63, 3.8) is 0 Å². The van der Waals surface area contributed by atoms with Crippen molar-refractivity contribution in [2.24, 2.45) is 0 Å². The van der Waals surface area contributed by atoms with Crippen LogP contribution in [0.2, 0.25) is 0 Å². The Morgan fingerprint density at radius 3 is 2.65 bits per heavy atom. The highest BCUT2D eigenvalue weighted by molar-refractivity contribution is 5.36. The Kier molecular flexibility index (Phi) is 3.08. The number of anilines is 1. The van der Waals surface area contributed by atoms with Gasteiger partial charge in [0.1, 0.15) is 5.82 Å². The maximum absolute atomic E-state index is 13.0. The molecule has 1 aromatic carbocycles. The van der Waals surface area contributed by atoms with Gasteiger partial charge in [0.25, 0.3) is 0 Å². The van der Waals surface area contributed by atoms with Crippen LogP contribution in [0.25, 0.3) is 0 Å². The quantitative estimate of drug-likeness (QED) is 0.890. The molecular formula is C12H13F2N3. The standard InChI is InChI=1S/C12H13F2N3/c1-2-11-12(15)17(7-16-11)6-8-3-4-9(13)10(14)5-8/h3-5,7H,2,6,15H2,1H3. The van der Waals surface area contributed by atoms with Crippen LogP contribution >= 0.6 is 0 Å². The van der Waals surface area contributed by atoms with Crippen molar-refractivity contribution in [3.05, 3.63) is 47.4 Å². The van der Waals surface area contributed by atoms with Crippen LogP contribution in [0.4, 0.5) is 14.6 Å². The summed E-state index contributed by atoms with van der Waals surface area (Å²) in [5.41, 5.74) is 7.32. The molecular weight excluding hydrogens is 224 g/mol. The fourth-order valence-electron chi connectivity index (χ4n) is 1.67. The van der Waals surface area contributed by atoms with Crippen LogP contribution < -0.4 is 5.73 Å². The molecule has 1 heterocycles. The summed E-state index contributed by atoms with van der Waals surface area (Å²) >= 11 is 0. The molecule has 0 saturated heterocycles. The molecule has 0 radical (unpaired) electrons. The van der Waals surface area contributed by atoms with Crippen molar-refractivity contribution in [1.82, 2.24) is 9.55 Å². The van der Waals surface area contributed by atoms with E-state index in [2.05, 4.69) is 4.98 Å². The first-order valence-electron chi connectivity index (χ1n) is 5.35. The molecule has 0 aliphatic carbocycles. The second-order valence-electron chi connectivity index (χ2n) is 3.81. The third-order valence-corrected chi connectivity index (χ3v) is 2.63. The molecule has 0 spiro atoms. The van der Waals surface area contributed by atoms with Gasteiger partial charge < -0.3 is 10.3 Å². The molecule has 90 valence electrons. The van der Waals surface area contributed by atoms with Crippen molar-refractivity contribution < 1.29 is 8.78 Å². The summed E-state index contributed by atoms with van der Waals surface area (Å²) < 4.78 is 27.5. The molecule has 2 rings (SSSR count). The highest BCUT2D eigenvalue weighted by Gasteiger charge is 2.07. The van der Waals surface area contributed by atoms with Gasteiger partial charge in [0.05, 0.1) is 18.6 Å². The first kappa shape index (κ1) is 11.6. The molecule has 0 aliphatic rings. The van der Waals surface area contributed by atoms with Crippen LogP contribution in [0.5, 0.6) is 0 Å². The largest absolute Gasteiger partial charge is 0.384 e. The molecule has 0 bridgehead atoms. The van der Waals surface area contributed by atoms with Crippen LogP contribution in [0.1, 0.15) is 18.2 Å². The van der Waals surface area contributed by atoms with Crippen LogP contribution in [-0.4, -0.2) is 9.55 Å². The number of nitrogens with zero attached hydrogens (tertiary/aromatic N) is 2. The van der Waals surface area contributed by atoms with E-state index in [0.29, 0.717) is 17.9 Å². The van der Waals surface area contributed by atoms with E-state index in [9.17, 15) is 8.78 Å². The number of halogens is 2. The number of benzene rings is 1. The first-order chi connectivity index (χ1) is 8.11. The molecule has 0 fully saturated rings. The SMILES string of the molecule is CCc1ncn(Cc2ccc(F)c(F)c2)c1N. The summed E-state index contributed by atoms with van der Waals surface area (Å²) in [6, 6.07) is 3.81. The van der Waals surface area contributed by atoms with E-state index in [1.807, 2.05) is 6.92 Å². The summed E-state index contributed by atoms with van der Waals surface area (Å²) in [6.07, 6.45) is 2.35. The summed E-state index contributed by atoms with van der Waals surface area (Å²) in [6.45, 7) is 2.34. The lowest BCUT2D eigenvalue weighted by Gasteiger charge is -2.06. The van der Waals surface area contributed by atoms with Crippen LogP contribution in [0, 0.1) is 11.6 Å². The van der Waals surface area contributed by atoms with Crippen molar-refractivity contribution in [2.45, 2.75) is 19.9 Å². The van der Waals surface area contributed by atoms with Crippen LogP contribution in [-0.2, 0) is 13.0 Å². The van der Waals surface area contributed by atoms with Crippen molar-refractivity contribution in [1.29, 1.82) is 0 Å². The molecule has 0 amide bonds. The molecule has 0 aliphatic heterocycles. The van der Waals surface area contributed by atoms with Gasteiger partial charge in [0.15, 0.2) is 11.6 Å². The highest BCUT2D eigenvalue weighted by Crippen LogP contribution is 2.15. The fraction of sp³-hybridized carbons (Fsp3) is 0.250. The molecule has 5 heteroatoms. The van der Waals surface area contributed by atoms with Gasteiger partial charge in [0.2, 0.25) is 0 Å². The van der Waals surface area contributed by atoms with Crippen molar-refractivity contribution >= 4 is 5.82 Å². The van der Waals surface area contributed by atoms with Gasteiger partial charge in [-0.3, -0.25) is 0 Å². The molecule has 0 unspecified atom stereocenters. The number of hydrogen-bond acceptors (Lipinski definition) is 2. The Hall–Kier alpha value is -1.91. The highest BCUT2D eigenvalue weighted by atomic mass is 19.2. The Morgan fingerprint density at radius 1 is 1.29 bits per heavy atom. The number of rotatable bonds is 3. The Bertz CT molecular complexity index is 535. The first-order valence-corrected chi connectivity index (χ1v) is 5.35. The van der Waals surface area contributed by atoms with Gasteiger partial charge in [-0.15, -0.1) is 0 Å². The Balaban J connectivity index is 2.25. The third-order valence-electron chi connectivity index (χ3n) is 2.63. The zero-order chi connectivity index (χ0) is 12.4. The molecule has 0 atom stereocenters. The number of aromatic nitrogens is 2. The average Bonchev–Trinajstić information content (AvgIpc) is 2.65. The molecule has 3 nitrogen and oxygen atoms in total. The number of nitrogens with two attached hydrogens (primary N) is 1. The molecule has 2 N–H and O–H groups in total. The van der Waals surface area contributed by atoms with Gasteiger partial charge in [-0.2, -0.15) is 0 Å². The zero-order valence-electron chi connectivity index (χ0n) is 9.45. The minimum absolute atomic E-state index is 0.385. The van der Waals surface area contributed by atoms with Gasteiger partial charge >= 0.3 is 0 Å².